The predicted molar refractivity (Wildman–Crippen MR) is 143 cm³/mol. The highest BCUT2D eigenvalue weighted by Gasteiger charge is 2.33. The smallest absolute Gasteiger partial charge is 0.324 e. The maximum atomic E-state index is 13.7. The van der Waals surface area contributed by atoms with E-state index in [1.54, 1.807) is 0 Å². The molecule has 1 aliphatic carbocycles. The Morgan fingerprint density at radius 3 is 2.37 bits per heavy atom. The summed E-state index contributed by atoms with van der Waals surface area (Å²) in [5.74, 6) is 0.520. The van der Waals surface area contributed by atoms with Crippen LogP contribution in [0.2, 0.25) is 0 Å². The number of aldehydes is 1. The first-order chi connectivity index (χ1) is 16.8. The van der Waals surface area contributed by atoms with Crippen molar-refractivity contribution in [2.24, 2.45) is 0 Å². The lowest BCUT2D eigenvalue weighted by Gasteiger charge is -2.33. The maximum Gasteiger partial charge on any atom is 0.324 e. The van der Waals surface area contributed by atoms with E-state index < -0.39 is 0 Å². The van der Waals surface area contributed by atoms with Gasteiger partial charge in [0.1, 0.15) is 6.29 Å². The van der Waals surface area contributed by atoms with Gasteiger partial charge in [0, 0.05) is 48.2 Å². The molecule has 2 fully saturated rings. The molecular formula is C30H37N3O2. The second-order valence-corrected chi connectivity index (χ2v) is 10.1. The second-order valence-electron chi connectivity index (χ2n) is 10.1. The molecule has 3 heterocycles. The Bertz CT molecular complexity index is 1230. The lowest BCUT2D eigenvalue weighted by molar-refractivity contribution is 0.112. The normalized spacial score (nSPS) is 18.4. The summed E-state index contributed by atoms with van der Waals surface area (Å²) < 4.78 is 2.40. The van der Waals surface area contributed by atoms with Crippen molar-refractivity contribution in [3.63, 3.8) is 0 Å². The van der Waals surface area contributed by atoms with Crippen molar-refractivity contribution in [2.75, 3.05) is 24.5 Å². The molecule has 0 N–H and O–H groups in total. The SMILES string of the molecule is C.O=Cc1ccc2c(C3CCCCC3)c3n(c2c1)CCN(C(=O)N1CCCCC1)c1ccccc1-3. The van der Waals surface area contributed by atoms with Gasteiger partial charge in [-0.1, -0.05) is 57.0 Å². The van der Waals surface area contributed by atoms with Gasteiger partial charge in [0.2, 0.25) is 0 Å². The Labute approximate surface area is 208 Å². The van der Waals surface area contributed by atoms with Gasteiger partial charge in [0.25, 0.3) is 0 Å². The van der Waals surface area contributed by atoms with E-state index in [0.717, 1.165) is 55.5 Å². The molecule has 1 saturated carbocycles. The number of hydrogen-bond donors (Lipinski definition) is 0. The van der Waals surface area contributed by atoms with Gasteiger partial charge in [-0.15, -0.1) is 0 Å². The number of rotatable bonds is 2. The Hall–Kier alpha value is -3.08. The molecule has 0 radical (unpaired) electrons. The number of nitrogens with zero attached hydrogens (tertiary/aromatic N) is 3. The number of fused-ring (bicyclic) bond motifs is 5. The first-order valence-electron chi connectivity index (χ1n) is 13.0. The van der Waals surface area contributed by atoms with Crippen molar-refractivity contribution in [1.29, 1.82) is 0 Å². The number of amides is 2. The lowest BCUT2D eigenvalue weighted by Crippen LogP contribution is -2.46. The average molecular weight is 472 g/mol. The quantitative estimate of drug-likeness (QED) is 0.370. The van der Waals surface area contributed by atoms with Crippen molar-refractivity contribution in [2.45, 2.75) is 71.3 Å². The van der Waals surface area contributed by atoms with Crippen LogP contribution in [0.5, 0.6) is 0 Å². The van der Waals surface area contributed by atoms with Crippen molar-refractivity contribution in [1.82, 2.24) is 9.47 Å². The number of hydrogen-bond acceptors (Lipinski definition) is 2. The molecule has 35 heavy (non-hydrogen) atoms. The summed E-state index contributed by atoms with van der Waals surface area (Å²) >= 11 is 0. The van der Waals surface area contributed by atoms with Gasteiger partial charge in [-0.2, -0.15) is 0 Å². The van der Waals surface area contributed by atoms with Crippen molar-refractivity contribution in [3.05, 3.63) is 53.6 Å². The molecule has 0 unspecified atom stereocenters. The molecule has 0 spiro atoms. The highest BCUT2D eigenvalue weighted by atomic mass is 16.2. The summed E-state index contributed by atoms with van der Waals surface area (Å²) in [5, 5.41) is 1.28. The van der Waals surface area contributed by atoms with Gasteiger partial charge in [0.05, 0.1) is 11.4 Å². The number of aromatic nitrogens is 1. The number of urea groups is 1. The Morgan fingerprint density at radius 2 is 1.60 bits per heavy atom. The molecule has 2 aliphatic heterocycles. The summed E-state index contributed by atoms with van der Waals surface area (Å²) in [6, 6.07) is 14.7. The summed E-state index contributed by atoms with van der Waals surface area (Å²) in [4.78, 5) is 29.4. The molecule has 2 amide bonds. The molecule has 5 nitrogen and oxygen atoms in total. The van der Waals surface area contributed by atoms with Gasteiger partial charge in [0.15, 0.2) is 0 Å². The third kappa shape index (κ3) is 4.05. The van der Waals surface area contributed by atoms with E-state index >= 15 is 0 Å². The number of benzene rings is 2. The van der Waals surface area contributed by atoms with Gasteiger partial charge in [-0.3, -0.25) is 9.69 Å². The molecule has 5 heteroatoms. The average Bonchev–Trinajstić information content (AvgIpc) is 3.13. The first-order valence-corrected chi connectivity index (χ1v) is 13.0. The number of likely N-dealkylation sites (tertiary alicyclic amines) is 1. The van der Waals surface area contributed by atoms with Crippen molar-refractivity contribution < 1.29 is 9.59 Å². The van der Waals surface area contributed by atoms with Gasteiger partial charge in [-0.25, -0.2) is 4.79 Å². The van der Waals surface area contributed by atoms with Crippen LogP contribution in [0.4, 0.5) is 10.5 Å². The highest BCUT2D eigenvalue weighted by molar-refractivity contribution is 6.02. The van der Waals surface area contributed by atoms with E-state index in [4.69, 9.17) is 0 Å². The molecule has 2 aromatic carbocycles. The Kier molecular flexibility index (Phi) is 6.68. The monoisotopic (exact) mass is 471 g/mol. The van der Waals surface area contributed by atoms with Gasteiger partial charge < -0.3 is 9.47 Å². The van der Waals surface area contributed by atoms with Crippen LogP contribution in [0.15, 0.2) is 42.5 Å². The van der Waals surface area contributed by atoms with E-state index in [1.807, 2.05) is 21.9 Å². The number of carbonyl (C=O) groups is 2. The minimum Gasteiger partial charge on any atom is -0.338 e. The molecule has 1 aromatic heterocycles. The lowest BCUT2D eigenvalue weighted by atomic mass is 9.81. The number of anilines is 1. The van der Waals surface area contributed by atoms with Crippen molar-refractivity contribution in [3.8, 4) is 11.3 Å². The maximum absolute atomic E-state index is 13.7. The molecule has 0 atom stereocenters. The molecular weight excluding hydrogens is 434 g/mol. The minimum absolute atomic E-state index is 0. The molecule has 3 aromatic rings. The molecule has 184 valence electrons. The Morgan fingerprint density at radius 1 is 0.857 bits per heavy atom. The van der Waals surface area contributed by atoms with Crippen LogP contribution in [0.1, 0.15) is 80.6 Å². The fourth-order valence-corrected chi connectivity index (χ4v) is 6.48. The van der Waals surface area contributed by atoms with Crippen LogP contribution in [-0.2, 0) is 6.54 Å². The highest BCUT2D eigenvalue weighted by Crippen LogP contribution is 2.47. The van der Waals surface area contributed by atoms with Crippen LogP contribution >= 0.6 is 0 Å². The van der Waals surface area contributed by atoms with Crippen LogP contribution < -0.4 is 4.90 Å². The Balaban J connectivity index is 0.00000253. The van der Waals surface area contributed by atoms with Crippen LogP contribution in [0, 0.1) is 0 Å². The summed E-state index contributed by atoms with van der Waals surface area (Å²) in [6.45, 7) is 3.07. The largest absolute Gasteiger partial charge is 0.338 e. The topological polar surface area (TPSA) is 45.6 Å². The summed E-state index contributed by atoms with van der Waals surface area (Å²) in [7, 11) is 0. The van der Waals surface area contributed by atoms with E-state index in [1.165, 1.54) is 55.2 Å². The van der Waals surface area contributed by atoms with E-state index in [9.17, 15) is 9.59 Å². The first kappa shape index (κ1) is 23.7. The number of para-hydroxylation sites is 1. The van der Waals surface area contributed by atoms with Gasteiger partial charge in [-0.05, 0) is 55.7 Å². The van der Waals surface area contributed by atoms with E-state index in [2.05, 4.69) is 34.9 Å². The zero-order chi connectivity index (χ0) is 23.1. The summed E-state index contributed by atoms with van der Waals surface area (Å²) in [6.07, 6.45) is 10.6. The third-order valence-corrected chi connectivity index (χ3v) is 8.13. The summed E-state index contributed by atoms with van der Waals surface area (Å²) in [5.41, 5.74) is 6.69. The van der Waals surface area contributed by atoms with E-state index in [-0.39, 0.29) is 13.5 Å². The number of carbonyl (C=O) groups excluding carboxylic acids is 2. The fraction of sp³-hybridized carbons (Fsp3) is 0.467. The van der Waals surface area contributed by atoms with E-state index in [0.29, 0.717) is 18.0 Å². The molecule has 6 rings (SSSR count). The standard InChI is InChI=1S/C29H33N3O2.CH4/c33-20-21-13-14-23-26(19-21)31-17-18-32(29(34)30-15-7-2-8-16-30)25-12-6-5-11-24(25)28(31)27(23)22-9-3-1-4-10-22;/h5-6,11-14,19-20,22H,1-4,7-10,15-18H2;1H4. The predicted octanol–water partition coefficient (Wildman–Crippen LogP) is 7.23. The van der Waals surface area contributed by atoms with Crippen LogP contribution in [-0.4, -0.2) is 41.4 Å². The van der Waals surface area contributed by atoms with Crippen LogP contribution in [0.3, 0.4) is 0 Å². The van der Waals surface area contributed by atoms with Crippen molar-refractivity contribution >= 4 is 28.9 Å². The second kappa shape index (κ2) is 9.88. The van der Waals surface area contributed by atoms with Crippen LogP contribution in [0.25, 0.3) is 22.2 Å². The number of piperidine rings is 1. The van der Waals surface area contributed by atoms with Gasteiger partial charge >= 0.3 is 6.03 Å². The zero-order valence-electron chi connectivity index (χ0n) is 19.8. The third-order valence-electron chi connectivity index (χ3n) is 8.13. The molecule has 3 aliphatic rings. The molecule has 1 saturated heterocycles. The molecule has 0 bridgehead atoms. The fourth-order valence-electron chi connectivity index (χ4n) is 6.48. The zero-order valence-corrected chi connectivity index (χ0v) is 19.8. The minimum atomic E-state index is 0.